The fourth-order valence-electron chi connectivity index (χ4n) is 2.16. The van der Waals surface area contributed by atoms with Crippen molar-refractivity contribution in [3.8, 4) is 0 Å². The Labute approximate surface area is 179 Å². The maximum absolute atomic E-state index is 10.7. The predicted molar refractivity (Wildman–Crippen MR) is 112 cm³/mol. The molecule has 0 aliphatic rings. The molecule has 0 heterocycles. The number of nitrogens with two attached hydrogens (primary N) is 2. The summed E-state index contributed by atoms with van der Waals surface area (Å²) in [7, 11) is 0. The van der Waals surface area contributed by atoms with E-state index in [0.29, 0.717) is 18.2 Å². The van der Waals surface area contributed by atoms with Crippen molar-refractivity contribution in [1.29, 1.82) is 0 Å². The molecule has 0 aliphatic carbocycles. The average Bonchev–Trinajstić information content (AvgIpc) is 2.66. The summed E-state index contributed by atoms with van der Waals surface area (Å²) < 4.78 is 0. The Morgan fingerprint density at radius 2 is 1.38 bits per heavy atom. The Kier molecular flexibility index (Phi) is 13.8. The fourth-order valence-corrected chi connectivity index (χ4v) is 2.57. The van der Waals surface area contributed by atoms with Gasteiger partial charge in [-0.2, -0.15) is 0 Å². The summed E-state index contributed by atoms with van der Waals surface area (Å²) in [6, 6.07) is 5.71. The Hall–Kier alpha value is -2.07. The van der Waals surface area contributed by atoms with Crippen molar-refractivity contribution >= 4 is 46.8 Å². The van der Waals surface area contributed by atoms with Crippen molar-refractivity contribution in [2.75, 3.05) is 29.7 Å². The minimum Gasteiger partial charge on any atom is -0.481 e. The maximum Gasteiger partial charge on any atom is 0.320 e. The lowest BCUT2D eigenvalue weighted by molar-refractivity contribution is -0.140. The molecule has 2 unspecified atom stereocenters. The number of carboxylic acid groups (broad SMARTS) is 3. The highest BCUT2D eigenvalue weighted by molar-refractivity contribution is 6.18. The monoisotopic (exact) mass is 451 g/mol. The molecule has 7 N–H and O–H groups in total. The van der Waals surface area contributed by atoms with Crippen LogP contribution in [0.15, 0.2) is 24.3 Å². The van der Waals surface area contributed by atoms with Crippen LogP contribution in [0.25, 0.3) is 0 Å². The van der Waals surface area contributed by atoms with Crippen molar-refractivity contribution in [2.45, 2.75) is 31.3 Å². The number of benzene rings is 1. The zero-order chi connectivity index (χ0) is 22.4. The Balaban J connectivity index is 0.000000665. The molecule has 164 valence electrons. The van der Waals surface area contributed by atoms with Gasteiger partial charge in [-0.05, 0) is 30.5 Å². The van der Waals surface area contributed by atoms with E-state index in [1.54, 1.807) is 0 Å². The Bertz CT molecular complexity index is 639. The first-order chi connectivity index (χ1) is 13.6. The standard InChI is InChI=1S/C13H18Cl2N2O2.C5H9NO4/c14-5-7-17(8-6-15)11-3-1-10(2-4-11)9-12(16)13(18)19;6-3(5(9)10)1-2-4(7)8/h1-4,12H,5-9,16H2,(H,18,19);3H,1-2,6H2,(H,7,8)(H,9,10). The zero-order valence-electron chi connectivity index (χ0n) is 15.8. The first kappa shape index (κ1) is 26.9. The summed E-state index contributed by atoms with van der Waals surface area (Å²) in [6.07, 6.45) is 0.0960. The van der Waals surface area contributed by atoms with Gasteiger partial charge in [0.05, 0.1) is 0 Å². The topological polar surface area (TPSA) is 167 Å². The lowest BCUT2D eigenvalue weighted by Crippen LogP contribution is -2.32. The van der Waals surface area contributed by atoms with Crippen LogP contribution in [0.3, 0.4) is 0 Å². The molecular formula is C18H27Cl2N3O6. The summed E-state index contributed by atoms with van der Waals surface area (Å²) in [5, 5.41) is 25.0. The summed E-state index contributed by atoms with van der Waals surface area (Å²) in [4.78, 5) is 32.6. The van der Waals surface area contributed by atoms with Crippen LogP contribution in [0, 0.1) is 0 Å². The highest BCUT2D eigenvalue weighted by atomic mass is 35.5. The second-order valence-corrected chi connectivity index (χ2v) is 6.81. The van der Waals surface area contributed by atoms with Crippen LogP contribution >= 0.6 is 23.2 Å². The van der Waals surface area contributed by atoms with Crippen LogP contribution in [-0.2, 0) is 20.8 Å². The SMILES string of the molecule is NC(CCC(=O)O)C(=O)O.NC(Cc1ccc(N(CCCl)CCCl)cc1)C(=O)O. The van der Waals surface area contributed by atoms with Crippen LogP contribution < -0.4 is 16.4 Å². The lowest BCUT2D eigenvalue weighted by atomic mass is 10.1. The van der Waals surface area contributed by atoms with Gasteiger partial charge in [-0.25, -0.2) is 0 Å². The van der Waals surface area contributed by atoms with Gasteiger partial charge in [0.2, 0.25) is 0 Å². The molecule has 0 fully saturated rings. The smallest absolute Gasteiger partial charge is 0.320 e. The number of hydrogen-bond acceptors (Lipinski definition) is 6. The van der Waals surface area contributed by atoms with E-state index in [-0.39, 0.29) is 12.8 Å². The van der Waals surface area contributed by atoms with E-state index in [0.717, 1.165) is 24.3 Å². The molecule has 1 rings (SSSR count). The second-order valence-electron chi connectivity index (χ2n) is 6.06. The molecule has 1 aromatic carbocycles. The number of aliphatic carboxylic acids is 3. The molecule has 0 bridgehead atoms. The minimum atomic E-state index is -1.17. The number of alkyl halides is 2. The van der Waals surface area contributed by atoms with E-state index in [1.165, 1.54) is 0 Å². The molecule has 0 saturated carbocycles. The fraction of sp³-hybridized carbons (Fsp3) is 0.500. The molecule has 0 aromatic heterocycles. The highest BCUT2D eigenvalue weighted by Gasteiger charge is 2.13. The maximum atomic E-state index is 10.7. The number of carbonyl (C=O) groups is 3. The van der Waals surface area contributed by atoms with E-state index < -0.39 is 30.0 Å². The average molecular weight is 452 g/mol. The highest BCUT2D eigenvalue weighted by Crippen LogP contribution is 2.16. The van der Waals surface area contributed by atoms with Gasteiger partial charge in [-0.3, -0.25) is 14.4 Å². The van der Waals surface area contributed by atoms with Crippen molar-refractivity contribution in [3.63, 3.8) is 0 Å². The Morgan fingerprint density at radius 3 is 1.76 bits per heavy atom. The molecular weight excluding hydrogens is 425 g/mol. The van der Waals surface area contributed by atoms with Crippen molar-refractivity contribution in [2.24, 2.45) is 11.5 Å². The largest absolute Gasteiger partial charge is 0.481 e. The third-order valence-corrected chi connectivity index (χ3v) is 4.11. The van der Waals surface area contributed by atoms with Gasteiger partial charge < -0.3 is 31.7 Å². The molecule has 29 heavy (non-hydrogen) atoms. The molecule has 0 saturated heterocycles. The van der Waals surface area contributed by atoms with Gasteiger partial charge in [0.25, 0.3) is 0 Å². The van der Waals surface area contributed by atoms with E-state index in [4.69, 9.17) is 50.0 Å². The molecule has 11 heteroatoms. The van der Waals surface area contributed by atoms with Gasteiger partial charge in [0, 0.05) is 37.0 Å². The minimum absolute atomic E-state index is 0.0231. The van der Waals surface area contributed by atoms with E-state index in [1.807, 2.05) is 24.3 Å². The molecule has 1 aromatic rings. The van der Waals surface area contributed by atoms with E-state index in [9.17, 15) is 14.4 Å². The van der Waals surface area contributed by atoms with Crippen LogP contribution in [-0.4, -0.2) is 70.2 Å². The molecule has 0 radical (unpaired) electrons. The van der Waals surface area contributed by atoms with Gasteiger partial charge in [0.15, 0.2) is 0 Å². The van der Waals surface area contributed by atoms with Crippen LogP contribution in [0.4, 0.5) is 5.69 Å². The van der Waals surface area contributed by atoms with Crippen LogP contribution in [0.2, 0.25) is 0 Å². The molecule has 0 amide bonds. The quantitative estimate of drug-likeness (QED) is 0.293. The molecule has 9 nitrogen and oxygen atoms in total. The van der Waals surface area contributed by atoms with Gasteiger partial charge >= 0.3 is 17.9 Å². The van der Waals surface area contributed by atoms with E-state index >= 15 is 0 Å². The zero-order valence-corrected chi connectivity index (χ0v) is 17.3. The first-order valence-electron chi connectivity index (χ1n) is 8.76. The van der Waals surface area contributed by atoms with Gasteiger partial charge in [-0.1, -0.05) is 12.1 Å². The lowest BCUT2D eigenvalue weighted by Gasteiger charge is -2.23. The normalized spacial score (nSPS) is 12.3. The third kappa shape index (κ3) is 12.2. The third-order valence-electron chi connectivity index (χ3n) is 3.77. The van der Waals surface area contributed by atoms with E-state index in [2.05, 4.69) is 4.90 Å². The number of rotatable bonds is 12. The summed E-state index contributed by atoms with van der Waals surface area (Å²) >= 11 is 11.5. The van der Waals surface area contributed by atoms with Crippen LogP contribution in [0.5, 0.6) is 0 Å². The van der Waals surface area contributed by atoms with Crippen molar-refractivity contribution in [1.82, 2.24) is 0 Å². The summed E-state index contributed by atoms with van der Waals surface area (Å²) in [5.74, 6) is -2.13. The number of nitrogens with zero attached hydrogens (tertiary/aromatic N) is 1. The predicted octanol–water partition coefficient (Wildman–Crippen LogP) is 1.19. The van der Waals surface area contributed by atoms with Crippen molar-refractivity contribution < 1.29 is 29.7 Å². The Morgan fingerprint density at radius 1 is 0.897 bits per heavy atom. The summed E-state index contributed by atoms with van der Waals surface area (Å²) in [5.41, 5.74) is 12.4. The first-order valence-corrected chi connectivity index (χ1v) is 9.83. The second kappa shape index (κ2) is 14.9. The number of carboxylic acids is 3. The van der Waals surface area contributed by atoms with Gasteiger partial charge in [-0.15, -0.1) is 23.2 Å². The molecule has 2 atom stereocenters. The molecule has 0 aliphatic heterocycles. The number of halogens is 2. The number of anilines is 1. The van der Waals surface area contributed by atoms with Crippen LogP contribution in [0.1, 0.15) is 18.4 Å². The van der Waals surface area contributed by atoms with Crippen molar-refractivity contribution in [3.05, 3.63) is 29.8 Å². The van der Waals surface area contributed by atoms with Gasteiger partial charge in [0.1, 0.15) is 12.1 Å². The molecule has 0 spiro atoms. The number of hydrogen-bond donors (Lipinski definition) is 5. The summed E-state index contributed by atoms with van der Waals surface area (Å²) in [6.45, 7) is 1.45.